The van der Waals surface area contributed by atoms with Crippen LogP contribution in [0.25, 0.3) is 0 Å². The highest BCUT2D eigenvalue weighted by molar-refractivity contribution is 9.10. The Hall–Kier alpha value is -1.59. The molecular weight excluding hydrogens is 362 g/mol. The zero-order valence-electron chi connectivity index (χ0n) is 12.3. The summed E-state index contributed by atoms with van der Waals surface area (Å²) in [5.74, 6) is -0.109. The first kappa shape index (κ1) is 16.8. The molecule has 22 heavy (non-hydrogen) atoms. The third-order valence-corrected chi connectivity index (χ3v) is 4.67. The minimum Gasteiger partial charge on any atom is -0.325 e. The van der Waals surface area contributed by atoms with E-state index in [2.05, 4.69) is 21.2 Å². The Morgan fingerprint density at radius 1 is 1.14 bits per heavy atom. The first-order valence-electron chi connectivity index (χ1n) is 6.80. The summed E-state index contributed by atoms with van der Waals surface area (Å²) in [7, 11) is 0. The van der Waals surface area contributed by atoms with Crippen molar-refractivity contribution in [1.29, 1.82) is 0 Å². The smallest absolute Gasteiger partial charge is 0.237 e. The van der Waals surface area contributed by atoms with Crippen molar-refractivity contribution in [2.45, 2.75) is 24.0 Å². The number of halogens is 1. The first-order chi connectivity index (χ1) is 10.5. The van der Waals surface area contributed by atoms with E-state index in [1.807, 2.05) is 31.2 Å². The van der Waals surface area contributed by atoms with E-state index in [0.717, 1.165) is 9.37 Å². The maximum Gasteiger partial charge on any atom is 0.237 e. The van der Waals surface area contributed by atoms with Gasteiger partial charge in [0.2, 0.25) is 5.91 Å². The number of rotatable bonds is 5. The highest BCUT2D eigenvalue weighted by Gasteiger charge is 2.15. The molecule has 2 aromatic rings. The van der Waals surface area contributed by atoms with Gasteiger partial charge in [-0.15, -0.1) is 11.8 Å². The molecular formula is C17H16BrNO2S. The molecule has 1 N–H and O–H groups in total. The number of thioether (sulfide) groups is 1. The van der Waals surface area contributed by atoms with Gasteiger partial charge in [-0.1, -0.05) is 28.1 Å². The summed E-state index contributed by atoms with van der Waals surface area (Å²) in [4.78, 5) is 24.6. The number of hydrogen-bond acceptors (Lipinski definition) is 3. The fourth-order valence-corrected chi connectivity index (χ4v) is 2.96. The quantitative estimate of drug-likeness (QED) is 0.602. The third kappa shape index (κ3) is 4.71. The largest absolute Gasteiger partial charge is 0.325 e. The van der Waals surface area contributed by atoms with Crippen molar-refractivity contribution in [2.75, 3.05) is 5.32 Å². The predicted octanol–water partition coefficient (Wildman–Crippen LogP) is 4.77. The van der Waals surface area contributed by atoms with Crippen LogP contribution in [0.2, 0.25) is 0 Å². The van der Waals surface area contributed by atoms with E-state index in [1.54, 1.807) is 24.3 Å². The second-order valence-corrected chi connectivity index (χ2v) is 7.17. The fourth-order valence-electron chi connectivity index (χ4n) is 1.83. The molecule has 1 amide bonds. The average Bonchev–Trinajstić information content (AvgIpc) is 2.49. The molecule has 0 aliphatic heterocycles. The molecule has 0 spiro atoms. The lowest BCUT2D eigenvalue weighted by Crippen LogP contribution is -2.22. The van der Waals surface area contributed by atoms with Gasteiger partial charge in [-0.3, -0.25) is 9.59 Å². The van der Waals surface area contributed by atoms with Crippen LogP contribution in [-0.4, -0.2) is 16.9 Å². The Balaban J connectivity index is 2.00. The van der Waals surface area contributed by atoms with Crippen LogP contribution in [0.5, 0.6) is 0 Å². The van der Waals surface area contributed by atoms with E-state index in [0.29, 0.717) is 11.3 Å². The van der Waals surface area contributed by atoms with E-state index < -0.39 is 0 Å². The second-order valence-electron chi connectivity index (χ2n) is 4.84. The van der Waals surface area contributed by atoms with Crippen molar-refractivity contribution in [1.82, 2.24) is 0 Å². The average molecular weight is 378 g/mol. The Bertz CT molecular complexity index is 685. The van der Waals surface area contributed by atoms with E-state index in [4.69, 9.17) is 0 Å². The maximum atomic E-state index is 12.2. The van der Waals surface area contributed by atoms with Gasteiger partial charge >= 0.3 is 0 Å². The van der Waals surface area contributed by atoms with Crippen LogP contribution in [0.15, 0.2) is 57.9 Å². The summed E-state index contributed by atoms with van der Waals surface area (Å²) in [5.41, 5.74) is 1.23. The van der Waals surface area contributed by atoms with E-state index in [1.165, 1.54) is 18.7 Å². The Morgan fingerprint density at radius 3 is 2.45 bits per heavy atom. The highest BCUT2D eigenvalue weighted by atomic mass is 79.9. The second kappa shape index (κ2) is 7.61. The van der Waals surface area contributed by atoms with Crippen LogP contribution in [0.1, 0.15) is 24.2 Å². The van der Waals surface area contributed by atoms with Crippen LogP contribution in [-0.2, 0) is 4.79 Å². The molecule has 0 aliphatic carbocycles. The monoisotopic (exact) mass is 377 g/mol. The number of Topliss-reactive ketones (excluding diaryl/α,β-unsaturated/α-hetero) is 1. The lowest BCUT2D eigenvalue weighted by Gasteiger charge is -2.12. The first-order valence-corrected chi connectivity index (χ1v) is 8.47. The number of amides is 1. The Labute approximate surface area is 142 Å². The van der Waals surface area contributed by atoms with Crippen molar-refractivity contribution >= 4 is 45.1 Å². The molecule has 0 aromatic heterocycles. The fraction of sp³-hybridized carbons (Fsp3) is 0.176. The topological polar surface area (TPSA) is 46.2 Å². The number of carbonyl (C=O) groups excluding carboxylic acids is 2. The highest BCUT2D eigenvalue weighted by Crippen LogP contribution is 2.25. The van der Waals surface area contributed by atoms with E-state index >= 15 is 0 Å². The van der Waals surface area contributed by atoms with Gasteiger partial charge in [-0.05, 0) is 50.2 Å². The van der Waals surface area contributed by atoms with Crippen LogP contribution >= 0.6 is 27.7 Å². The Morgan fingerprint density at radius 2 is 1.82 bits per heavy atom. The number of ketones is 1. The molecule has 0 aliphatic rings. The molecule has 1 atom stereocenters. The summed E-state index contributed by atoms with van der Waals surface area (Å²) < 4.78 is 1.01. The van der Waals surface area contributed by atoms with Crippen molar-refractivity contribution in [2.24, 2.45) is 0 Å². The van der Waals surface area contributed by atoms with Crippen molar-refractivity contribution in [3.63, 3.8) is 0 Å². The number of hydrogen-bond donors (Lipinski definition) is 1. The van der Waals surface area contributed by atoms with Crippen molar-refractivity contribution in [3.05, 3.63) is 58.6 Å². The van der Waals surface area contributed by atoms with Crippen LogP contribution in [0.3, 0.4) is 0 Å². The summed E-state index contributed by atoms with van der Waals surface area (Å²) in [6.45, 7) is 3.36. The molecule has 3 nitrogen and oxygen atoms in total. The zero-order chi connectivity index (χ0) is 16.1. The molecule has 0 radical (unpaired) electrons. The van der Waals surface area contributed by atoms with Gasteiger partial charge in [0.15, 0.2) is 5.78 Å². The van der Waals surface area contributed by atoms with E-state index in [9.17, 15) is 9.59 Å². The molecule has 0 saturated carbocycles. The number of carbonyl (C=O) groups is 2. The van der Waals surface area contributed by atoms with Gasteiger partial charge in [-0.25, -0.2) is 0 Å². The van der Waals surface area contributed by atoms with Crippen LogP contribution in [0, 0.1) is 0 Å². The van der Waals surface area contributed by atoms with Gasteiger partial charge in [0.25, 0.3) is 0 Å². The molecule has 5 heteroatoms. The zero-order valence-corrected chi connectivity index (χ0v) is 14.7. The summed E-state index contributed by atoms with van der Waals surface area (Å²) in [5, 5.41) is 2.61. The predicted molar refractivity (Wildman–Crippen MR) is 94.5 cm³/mol. The third-order valence-electron chi connectivity index (χ3n) is 3.03. The molecule has 2 rings (SSSR count). The molecule has 0 fully saturated rings. The lowest BCUT2D eigenvalue weighted by molar-refractivity contribution is -0.115. The number of anilines is 1. The lowest BCUT2D eigenvalue weighted by atomic mass is 10.1. The summed E-state index contributed by atoms with van der Waals surface area (Å²) in [6.07, 6.45) is 0. The van der Waals surface area contributed by atoms with Gasteiger partial charge in [0.05, 0.1) is 5.25 Å². The van der Waals surface area contributed by atoms with Gasteiger partial charge in [0.1, 0.15) is 0 Å². The molecule has 2 aromatic carbocycles. The van der Waals surface area contributed by atoms with Gasteiger partial charge < -0.3 is 5.32 Å². The SMILES string of the molecule is CC(=O)c1cccc(NC(=O)[C@@H](C)Sc2ccc(Br)cc2)c1. The van der Waals surface area contributed by atoms with Crippen LogP contribution < -0.4 is 5.32 Å². The number of nitrogens with one attached hydrogen (secondary N) is 1. The van der Waals surface area contributed by atoms with E-state index in [-0.39, 0.29) is 16.9 Å². The molecule has 0 unspecified atom stereocenters. The maximum absolute atomic E-state index is 12.2. The molecule has 0 saturated heterocycles. The molecule has 114 valence electrons. The van der Waals surface area contributed by atoms with Gasteiger partial charge in [-0.2, -0.15) is 0 Å². The Kier molecular flexibility index (Phi) is 5.80. The molecule has 0 bridgehead atoms. The standard InChI is InChI=1S/C17H16BrNO2S/c1-11(20)13-4-3-5-15(10-13)19-17(21)12(2)22-16-8-6-14(18)7-9-16/h3-10,12H,1-2H3,(H,19,21)/t12-/m1/s1. The number of benzene rings is 2. The van der Waals surface area contributed by atoms with Gasteiger partial charge in [0, 0.05) is 20.6 Å². The summed E-state index contributed by atoms with van der Waals surface area (Å²) >= 11 is 4.88. The normalized spacial score (nSPS) is 11.8. The minimum atomic E-state index is -0.234. The van der Waals surface area contributed by atoms with Crippen LogP contribution in [0.4, 0.5) is 5.69 Å². The minimum absolute atomic E-state index is 0.0200. The molecule has 0 heterocycles. The summed E-state index contributed by atoms with van der Waals surface area (Å²) in [6, 6.07) is 14.8. The van der Waals surface area contributed by atoms with Crippen molar-refractivity contribution in [3.8, 4) is 0 Å². The van der Waals surface area contributed by atoms with Crippen molar-refractivity contribution < 1.29 is 9.59 Å².